The smallest absolute Gasteiger partial charge is 0.340 e. The van der Waals surface area contributed by atoms with Crippen LogP contribution in [-0.2, 0) is 29.2 Å². The number of rotatable bonds is 3. The van der Waals surface area contributed by atoms with Crippen LogP contribution in [0.1, 0.15) is 42.2 Å². The number of hydrogen-bond donors (Lipinski definition) is 2. The number of para-hydroxylation sites is 1. The molecule has 0 amide bonds. The van der Waals surface area contributed by atoms with Crippen molar-refractivity contribution in [1.82, 2.24) is 9.55 Å². The molecule has 0 aliphatic carbocycles. The zero-order valence-corrected chi connectivity index (χ0v) is 20.4. The summed E-state index contributed by atoms with van der Waals surface area (Å²) in [5.74, 6) is 0.514. The number of nitrogens with zero attached hydrogens (tertiary/aromatic N) is 2. The van der Waals surface area contributed by atoms with Crippen molar-refractivity contribution in [3.8, 4) is 22.9 Å². The Morgan fingerprint density at radius 2 is 1.78 bits per heavy atom. The molecule has 37 heavy (non-hydrogen) atoms. The van der Waals surface area contributed by atoms with Gasteiger partial charge in [-0.2, -0.15) is 0 Å². The second kappa shape index (κ2) is 8.94. The molecule has 0 saturated carbocycles. The molecule has 0 saturated heterocycles. The number of fused-ring (bicyclic) bond motifs is 6. The number of cyclic esters (lactones) is 1. The summed E-state index contributed by atoms with van der Waals surface area (Å²) in [5.41, 5.74) is 5.06. The number of pyridine rings is 2. The fourth-order valence-corrected chi connectivity index (χ4v) is 5.05. The molecule has 3 aliphatic heterocycles. The Labute approximate surface area is 212 Å². The van der Waals surface area contributed by atoms with Crippen LogP contribution in [0.25, 0.3) is 22.3 Å². The lowest BCUT2D eigenvalue weighted by Gasteiger charge is -2.21. The van der Waals surface area contributed by atoms with E-state index in [1.54, 1.807) is 10.6 Å². The quantitative estimate of drug-likeness (QED) is 0.360. The molecule has 2 N–H and O–H groups in total. The van der Waals surface area contributed by atoms with E-state index in [4.69, 9.17) is 19.2 Å². The third-order valence-electron chi connectivity index (χ3n) is 6.81. The van der Waals surface area contributed by atoms with Gasteiger partial charge in [0.25, 0.3) is 5.56 Å². The van der Waals surface area contributed by atoms with E-state index in [2.05, 4.69) is 5.32 Å². The van der Waals surface area contributed by atoms with E-state index in [9.17, 15) is 14.7 Å². The normalized spacial score (nSPS) is 16.3. The molecule has 1 unspecified atom stereocenters. The van der Waals surface area contributed by atoms with Gasteiger partial charge in [-0.15, -0.1) is 0 Å². The molecule has 5 heterocycles. The fourth-order valence-electron chi connectivity index (χ4n) is 5.05. The number of aliphatic hydroxyl groups excluding tert-OH is 1. The lowest BCUT2D eigenvalue weighted by Crippen LogP contribution is -2.32. The number of anilines is 1. The molecule has 0 spiro atoms. The largest absolute Gasteiger partial charge is 0.458 e. The van der Waals surface area contributed by atoms with Crippen molar-refractivity contribution in [2.75, 3.05) is 12.1 Å². The number of nitrogens with one attached hydrogen (secondary N) is 1. The zero-order chi connectivity index (χ0) is 25.7. The molecule has 9 nitrogen and oxygen atoms in total. The van der Waals surface area contributed by atoms with Gasteiger partial charge in [-0.05, 0) is 29.8 Å². The van der Waals surface area contributed by atoms with Crippen molar-refractivity contribution >= 4 is 22.6 Å². The fraction of sp³-hybridized carbons (Fsp3) is 0.250. The van der Waals surface area contributed by atoms with Crippen LogP contribution in [0, 0.1) is 0 Å². The third-order valence-corrected chi connectivity index (χ3v) is 6.81. The number of ether oxygens (including phenoxy) is 3. The van der Waals surface area contributed by atoms with E-state index in [0.29, 0.717) is 47.1 Å². The van der Waals surface area contributed by atoms with Crippen LogP contribution in [0.15, 0.2) is 53.3 Å². The molecular weight excluding hydrogens is 474 g/mol. The van der Waals surface area contributed by atoms with Crippen LogP contribution in [0.5, 0.6) is 11.5 Å². The summed E-state index contributed by atoms with van der Waals surface area (Å²) >= 11 is 0. The molecule has 188 valence electrons. The maximum absolute atomic E-state index is 13.4. The average Bonchev–Trinajstić information content (AvgIpc) is 3.54. The summed E-state index contributed by atoms with van der Waals surface area (Å²) in [6, 6.07) is 15.3. The maximum Gasteiger partial charge on any atom is 0.340 e. The summed E-state index contributed by atoms with van der Waals surface area (Å²) in [6.07, 6.45) is -1.49. The molecule has 0 radical (unpaired) electrons. The minimum absolute atomic E-state index is 0.153. The first-order chi connectivity index (χ1) is 18.1. The number of benzene rings is 2. The maximum atomic E-state index is 13.4. The number of esters is 1. The highest BCUT2D eigenvalue weighted by Gasteiger charge is 2.35. The zero-order valence-electron chi connectivity index (χ0n) is 20.4. The monoisotopic (exact) mass is 499 g/mol. The number of hydrogen-bond acceptors (Lipinski definition) is 8. The van der Waals surface area contributed by atoms with Crippen molar-refractivity contribution in [2.45, 2.75) is 39.6 Å². The Kier molecular flexibility index (Phi) is 5.57. The molecule has 7 rings (SSSR count). The lowest BCUT2D eigenvalue weighted by molar-refractivity contribution is -0.157. The Morgan fingerprint density at radius 1 is 1.03 bits per heavy atom. The van der Waals surface area contributed by atoms with Crippen molar-refractivity contribution in [2.24, 2.45) is 0 Å². The summed E-state index contributed by atoms with van der Waals surface area (Å²) in [7, 11) is 0. The topological polar surface area (TPSA) is 112 Å². The molecule has 4 aromatic rings. The SMILES string of the molecule is CC.O=C1OCc2c(cc3n(c2=O)Cc2c-3nc3cc4c(cc3c2CNc2ccccc2)OCO4)C1O. The molecule has 0 bridgehead atoms. The summed E-state index contributed by atoms with van der Waals surface area (Å²) in [5, 5.41) is 14.8. The predicted molar refractivity (Wildman–Crippen MR) is 137 cm³/mol. The number of carbonyl (C=O) groups excluding carboxylic acids is 1. The predicted octanol–water partition coefficient (Wildman–Crippen LogP) is 3.88. The van der Waals surface area contributed by atoms with Gasteiger partial charge in [0.2, 0.25) is 6.79 Å². The van der Waals surface area contributed by atoms with Gasteiger partial charge in [-0.1, -0.05) is 32.0 Å². The van der Waals surface area contributed by atoms with Gasteiger partial charge in [0, 0.05) is 34.8 Å². The Hall–Kier alpha value is -4.37. The summed E-state index contributed by atoms with van der Waals surface area (Å²) in [4.78, 5) is 30.2. The lowest BCUT2D eigenvalue weighted by atomic mass is 9.98. The molecule has 2 aromatic heterocycles. The van der Waals surface area contributed by atoms with Crippen molar-refractivity contribution < 1.29 is 24.1 Å². The van der Waals surface area contributed by atoms with Crippen LogP contribution >= 0.6 is 0 Å². The van der Waals surface area contributed by atoms with Crippen LogP contribution in [-0.4, -0.2) is 27.4 Å². The number of carbonyl (C=O) groups is 1. The summed E-state index contributed by atoms with van der Waals surface area (Å²) in [6.45, 7) is 4.82. The van der Waals surface area contributed by atoms with Crippen molar-refractivity contribution in [3.63, 3.8) is 0 Å². The molecule has 0 fully saturated rings. The van der Waals surface area contributed by atoms with Crippen LogP contribution < -0.4 is 20.3 Å². The third kappa shape index (κ3) is 3.62. The van der Waals surface area contributed by atoms with E-state index >= 15 is 0 Å². The highest BCUT2D eigenvalue weighted by molar-refractivity contribution is 5.91. The highest BCUT2D eigenvalue weighted by atomic mass is 16.7. The van der Waals surface area contributed by atoms with Gasteiger partial charge in [-0.3, -0.25) is 4.79 Å². The Balaban J connectivity index is 0.00000123. The van der Waals surface area contributed by atoms with E-state index in [-0.39, 0.29) is 24.5 Å². The first-order valence-corrected chi connectivity index (χ1v) is 12.2. The first kappa shape index (κ1) is 23.1. The van der Waals surface area contributed by atoms with E-state index in [1.165, 1.54) is 0 Å². The van der Waals surface area contributed by atoms with Gasteiger partial charge in [0.05, 0.1) is 29.0 Å². The van der Waals surface area contributed by atoms with E-state index in [1.807, 2.05) is 56.3 Å². The van der Waals surface area contributed by atoms with Gasteiger partial charge in [-0.25, -0.2) is 9.78 Å². The van der Waals surface area contributed by atoms with Crippen molar-refractivity contribution in [3.05, 3.63) is 81.1 Å². The Morgan fingerprint density at radius 3 is 2.57 bits per heavy atom. The minimum atomic E-state index is -1.49. The second-order valence-electron chi connectivity index (χ2n) is 8.72. The number of aliphatic hydroxyl groups is 1. The molecule has 1 atom stereocenters. The van der Waals surface area contributed by atoms with Crippen LogP contribution in [0.3, 0.4) is 0 Å². The minimum Gasteiger partial charge on any atom is -0.458 e. The molecule has 2 aromatic carbocycles. The van der Waals surface area contributed by atoms with Crippen LogP contribution in [0.2, 0.25) is 0 Å². The van der Waals surface area contributed by atoms with Crippen molar-refractivity contribution in [1.29, 1.82) is 0 Å². The van der Waals surface area contributed by atoms with Gasteiger partial charge >= 0.3 is 5.97 Å². The van der Waals surface area contributed by atoms with E-state index in [0.717, 1.165) is 22.2 Å². The summed E-state index contributed by atoms with van der Waals surface area (Å²) < 4.78 is 17.8. The second-order valence-corrected chi connectivity index (χ2v) is 8.72. The Bertz CT molecular complexity index is 1610. The molecule has 9 heteroatoms. The average molecular weight is 500 g/mol. The van der Waals surface area contributed by atoms with Gasteiger partial charge < -0.3 is 29.2 Å². The highest BCUT2D eigenvalue weighted by Crippen LogP contribution is 2.42. The number of aromatic nitrogens is 2. The van der Waals surface area contributed by atoms with E-state index < -0.39 is 12.1 Å². The first-order valence-electron chi connectivity index (χ1n) is 12.2. The molecular formula is C28H25N3O6. The van der Waals surface area contributed by atoms with Crippen LogP contribution in [0.4, 0.5) is 5.69 Å². The van der Waals surface area contributed by atoms with Gasteiger partial charge in [0.1, 0.15) is 6.61 Å². The molecule has 3 aliphatic rings. The standard InChI is InChI=1S/C26H19N3O6.C2H6/c30-24-15-6-20-23-17(10-29(20)25(31)18(15)11-33-26(24)32)16(9-27-13-4-2-1-3-5-13)14-7-21-22(35-12-34-21)8-19(14)28-23;1-2/h1-8,24,27,30H,9-12H2;1-2H3. The van der Waals surface area contributed by atoms with Gasteiger partial charge in [0.15, 0.2) is 17.6 Å².